The molecule has 0 fully saturated rings. The molecule has 186 valence electrons. The second-order valence-corrected chi connectivity index (χ2v) is 8.75. The average molecular weight is 519 g/mol. The van der Waals surface area contributed by atoms with Crippen molar-refractivity contribution in [3.63, 3.8) is 0 Å². The predicted octanol–water partition coefficient (Wildman–Crippen LogP) is 6.13. The summed E-state index contributed by atoms with van der Waals surface area (Å²) in [5, 5.41) is 0.152. The molecule has 4 rings (SSSR count). The van der Waals surface area contributed by atoms with Crippen LogP contribution < -0.4 is 0 Å². The molecular weight excluding hydrogens is 499 g/mol. The fraction of sp³-hybridized carbons (Fsp3) is 0.160. The van der Waals surface area contributed by atoms with Crippen molar-refractivity contribution >= 4 is 17.7 Å². The van der Waals surface area contributed by atoms with Crippen molar-refractivity contribution in [3.8, 4) is 5.69 Å². The Hall–Kier alpha value is -3.73. The monoisotopic (exact) mass is 518 g/mol. The van der Waals surface area contributed by atoms with Gasteiger partial charge in [-0.3, -0.25) is 14.3 Å². The third-order valence-electron chi connectivity index (χ3n) is 5.32. The number of nitrogens with zero attached hydrogens (tertiary/aromatic N) is 4. The first kappa shape index (κ1) is 25.4. The maximum Gasteiger partial charge on any atom is 0.416 e. The van der Waals surface area contributed by atoms with Gasteiger partial charge in [-0.25, -0.2) is 13.8 Å². The summed E-state index contributed by atoms with van der Waals surface area (Å²) in [4.78, 5) is 22.9. The molecule has 0 saturated heterocycles. The number of hydrogen-bond acceptors (Lipinski definition) is 4. The number of carbonyl (C=O) groups is 1. The Morgan fingerprint density at radius 1 is 1.03 bits per heavy atom. The molecule has 0 aliphatic heterocycles. The van der Waals surface area contributed by atoms with Crippen molar-refractivity contribution in [3.05, 3.63) is 107 Å². The minimum absolute atomic E-state index is 0.116. The number of aromatic nitrogens is 3. The molecule has 1 amide bonds. The number of alkyl halides is 3. The third-order valence-corrected chi connectivity index (χ3v) is 6.30. The van der Waals surface area contributed by atoms with Gasteiger partial charge in [0.1, 0.15) is 17.3 Å². The highest BCUT2D eigenvalue weighted by Crippen LogP contribution is 2.36. The van der Waals surface area contributed by atoms with Crippen molar-refractivity contribution in [2.24, 2.45) is 0 Å². The number of amides is 1. The molecule has 36 heavy (non-hydrogen) atoms. The van der Waals surface area contributed by atoms with Crippen LogP contribution in [0.3, 0.4) is 0 Å². The molecule has 0 aliphatic carbocycles. The molecule has 0 spiro atoms. The summed E-state index contributed by atoms with van der Waals surface area (Å²) in [7, 11) is 1.59. The van der Waals surface area contributed by atoms with E-state index in [4.69, 9.17) is 0 Å². The van der Waals surface area contributed by atoms with Gasteiger partial charge in [-0.2, -0.15) is 13.2 Å². The van der Waals surface area contributed by atoms with Crippen LogP contribution in [0, 0.1) is 11.6 Å². The zero-order valence-corrected chi connectivity index (χ0v) is 19.7. The van der Waals surface area contributed by atoms with E-state index in [-0.39, 0.29) is 23.1 Å². The SMILES string of the molecule is CN(Cc1ccncc1)C(=O)c1cnc(SCc2c(F)cccc2C(F)(F)F)n1-c1ccc(F)cc1. The highest BCUT2D eigenvalue weighted by molar-refractivity contribution is 7.98. The zero-order chi connectivity index (χ0) is 25.9. The molecule has 0 atom stereocenters. The number of halogens is 5. The summed E-state index contributed by atoms with van der Waals surface area (Å²) in [5.41, 5.74) is -0.274. The first-order chi connectivity index (χ1) is 17.1. The number of pyridine rings is 1. The first-order valence-corrected chi connectivity index (χ1v) is 11.6. The first-order valence-electron chi connectivity index (χ1n) is 10.6. The van der Waals surface area contributed by atoms with Gasteiger partial charge in [-0.05, 0) is 54.1 Å². The van der Waals surface area contributed by atoms with Crippen molar-refractivity contribution < 1.29 is 26.7 Å². The van der Waals surface area contributed by atoms with Gasteiger partial charge in [-0.1, -0.05) is 17.8 Å². The van der Waals surface area contributed by atoms with Crippen molar-refractivity contribution in [2.45, 2.75) is 23.6 Å². The molecule has 2 heterocycles. The topological polar surface area (TPSA) is 51.0 Å². The van der Waals surface area contributed by atoms with Crippen LogP contribution in [-0.4, -0.2) is 32.4 Å². The van der Waals surface area contributed by atoms with Gasteiger partial charge in [0, 0.05) is 43.0 Å². The molecule has 0 unspecified atom stereocenters. The van der Waals surface area contributed by atoms with E-state index >= 15 is 0 Å². The number of hydrogen-bond donors (Lipinski definition) is 0. The Morgan fingerprint density at radius 2 is 1.72 bits per heavy atom. The Balaban J connectivity index is 1.68. The van der Waals surface area contributed by atoms with Gasteiger partial charge >= 0.3 is 6.18 Å². The second-order valence-electron chi connectivity index (χ2n) is 7.81. The summed E-state index contributed by atoms with van der Waals surface area (Å²) in [6.07, 6.45) is -0.240. The van der Waals surface area contributed by atoms with E-state index in [1.54, 1.807) is 31.6 Å². The summed E-state index contributed by atoms with van der Waals surface area (Å²) < 4.78 is 69.6. The normalized spacial score (nSPS) is 11.5. The highest BCUT2D eigenvalue weighted by atomic mass is 32.2. The molecule has 0 radical (unpaired) electrons. The molecular formula is C25H19F5N4OS. The molecule has 0 saturated carbocycles. The van der Waals surface area contributed by atoms with Gasteiger partial charge in [0.05, 0.1) is 11.8 Å². The van der Waals surface area contributed by atoms with E-state index in [0.717, 1.165) is 35.5 Å². The lowest BCUT2D eigenvalue weighted by atomic mass is 10.1. The predicted molar refractivity (Wildman–Crippen MR) is 125 cm³/mol. The van der Waals surface area contributed by atoms with Crippen LogP contribution in [0.25, 0.3) is 5.69 Å². The van der Waals surface area contributed by atoms with Crippen LogP contribution in [0.15, 0.2) is 78.3 Å². The second kappa shape index (κ2) is 10.5. The van der Waals surface area contributed by atoms with E-state index in [0.29, 0.717) is 5.69 Å². The lowest BCUT2D eigenvalue weighted by molar-refractivity contribution is -0.138. The summed E-state index contributed by atoms with van der Waals surface area (Å²) in [6, 6.07) is 11.5. The molecule has 2 aromatic carbocycles. The summed E-state index contributed by atoms with van der Waals surface area (Å²) in [5.74, 6) is -2.31. The van der Waals surface area contributed by atoms with Crippen LogP contribution in [0.1, 0.15) is 27.2 Å². The fourth-order valence-electron chi connectivity index (χ4n) is 3.56. The maximum absolute atomic E-state index is 14.3. The summed E-state index contributed by atoms with van der Waals surface area (Å²) >= 11 is 0.837. The molecule has 0 bridgehead atoms. The smallest absolute Gasteiger partial charge is 0.336 e. The van der Waals surface area contributed by atoms with Crippen LogP contribution in [0.4, 0.5) is 22.0 Å². The minimum atomic E-state index is -4.73. The maximum atomic E-state index is 14.3. The van der Waals surface area contributed by atoms with E-state index in [1.165, 1.54) is 39.9 Å². The van der Waals surface area contributed by atoms with Crippen LogP contribution in [0.2, 0.25) is 0 Å². The molecule has 11 heteroatoms. The van der Waals surface area contributed by atoms with Gasteiger partial charge in [0.25, 0.3) is 5.91 Å². The molecule has 2 aromatic heterocycles. The summed E-state index contributed by atoms with van der Waals surface area (Å²) in [6.45, 7) is 0.266. The van der Waals surface area contributed by atoms with E-state index in [9.17, 15) is 26.7 Å². The van der Waals surface area contributed by atoms with Crippen LogP contribution in [-0.2, 0) is 18.5 Å². The van der Waals surface area contributed by atoms with Crippen LogP contribution in [0.5, 0.6) is 0 Å². The number of carbonyl (C=O) groups excluding carboxylic acids is 1. The fourth-order valence-corrected chi connectivity index (χ4v) is 4.59. The molecule has 4 aromatic rings. The zero-order valence-electron chi connectivity index (χ0n) is 18.8. The van der Waals surface area contributed by atoms with Gasteiger partial charge in [0.15, 0.2) is 5.16 Å². The lowest BCUT2D eigenvalue weighted by Crippen LogP contribution is -2.28. The van der Waals surface area contributed by atoms with Crippen molar-refractivity contribution in [1.82, 2.24) is 19.4 Å². The molecule has 0 aliphatic rings. The Bertz CT molecular complexity index is 1360. The number of imidazole rings is 1. The van der Waals surface area contributed by atoms with Crippen molar-refractivity contribution in [2.75, 3.05) is 7.05 Å². The average Bonchev–Trinajstić information content (AvgIpc) is 3.27. The van der Waals surface area contributed by atoms with Crippen molar-refractivity contribution in [1.29, 1.82) is 0 Å². The number of thioether (sulfide) groups is 1. The largest absolute Gasteiger partial charge is 0.416 e. The Labute approximate surface area is 207 Å². The third kappa shape index (κ3) is 5.56. The van der Waals surface area contributed by atoms with E-state index in [2.05, 4.69) is 9.97 Å². The van der Waals surface area contributed by atoms with E-state index < -0.39 is 34.8 Å². The molecule has 5 nitrogen and oxygen atoms in total. The Morgan fingerprint density at radius 3 is 2.39 bits per heavy atom. The highest BCUT2D eigenvalue weighted by Gasteiger charge is 2.34. The van der Waals surface area contributed by atoms with Gasteiger partial charge < -0.3 is 4.90 Å². The van der Waals surface area contributed by atoms with E-state index in [1.807, 2.05) is 0 Å². The van der Waals surface area contributed by atoms with Gasteiger partial charge in [-0.15, -0.1) is 0 Å². The quantitative estimate of drug-likeness (QED) is 0.218. The Kier molecular flexibility index (Phi) is 7.39. The van der Waals surface area contributed by atoms with Crippen LogP contribution >= 0.6 is 11.8 Å². The number of rotatable bonds is 7. The standard InChI is InChI=1S/C25H19F5N4OS/c1-33(14-16-9-11-31-12-10-16)23(35)22-13-32-24(34(22)18-7-5-17(26)6-8-18)36-15-19-20(25(28,29)30)3-2-4-21(19)27/h2-13H,14-15H2,1H3. The lowest BCUT2D eigenvalue weighted by Gasteiger charge is -2.19. The number of benzene rings is 2. The van der Waals surface area contributed by atoms with Gasteiger partial charge in [0.2, 0.25) is 0 Å². The molecule has 0 N–H and O–H groups in total. The minimum Gasteiger partial charge on any atom is -0.336 e.